The summed E-state index contributed by atoms with van der Waals surface area (Å²) >= 11 is 6.57. The minimum atomic E-state index is -3.90. The molecule has 1 aromatic carbocycles. The lowest BCUT2D eigenvalue weighted by Crippen LogP contribution is -2.13. The van der Waals surface area contributed by atoms with Crippen LogP contribution in [0.2, 0.25) is 5.02 Å². The van der Waals surface area contributed by atoms with Crippen LogP contribution in [0.1, 0.15) is 41.5 Å². The van der Waals surface area contributed by atoms with Gasteiger partial charge in [-0.15, -0.1) is 0 Å². The van der Waals surface area contributed by atoms with Gasteiger partial charge in [-0.2, -0.15) is 0 Å². The average Bonchev–Trinajstić information content (AvgIpc) is 3.10. The van der Waals surface area contributed by atoms with Gasteiger partial charge in [0.25, 0.3) is 5.91 Å². The van der Waals surface area contributed by atoms with E-state index in [0.717, 1.165) is 17.4 Å². The fraction of sp³-hybridized carbons (Fsp3) is 0.211. The Bertz CT molecular complexity index is 1150. The number of benzene rings is 1. The standard InChI is InChI=1S/C19H17ClFN3O3S2/c1-11(2)16-18(29(26,27)10-12-6-7-13(20)9-14(12)21)28-19(23-16)24-17(25)15-5-3-4-8-22-15/h3-9,11H,10H2,1-2H3,(H,23,24,25). The summed E-state index contributed by atoms with van der Waals surface area (Å²) in [6.07, 6.45) is 1.48. The van der Waals surface area contributed by atoms with Gasteiger partial charge in [0.15, 0.2) is 15.0 Å². The number of carbonyl (C=O) groups is 1. The van der Waals surface area contributed by atoms with Gasteiger partial charge in [0.2, 0.25) is 0 Å². The third-order valence-corrected chi connectivity index (χ3v) is 7.42. The minimum Gasteiger partial charge on any atom is -0.296 e. The van der Waals surface area contributed by atoms with Gasteiger partial charge in [-0.25, -0.2) is 17.8 Å². The number of anilines is 1. The molecule has 0 bridgehead atoms. The van der Waals surface area contributed by atoms with E-state index in [1.165, 1.54) is 24.4 Å². The molecule has 0 atom stereocenters. The first-order chi connectivity index (χ1) is 13.7. The van der Waals surface area contributed by atoms with E-state index in [4.69, 9.17) is 11.6 Å². The summed E-state index contributed by atoms with van der Waals surface area (Å²) in [6, 6.07) is 8.73. The number of aromatic nitrogens is 2. The molecule has 0 aliphatic carbocycles. The highest BCUT2D eigenvalue weighted by Crippen LogP contribution is 2.34. The van der Waals surface area contributed by atoms with E-state index in [-0.39, 0.29) is 31.5 Å². The number of thiazole rings is 1. The molecule has 3 rings (SSSR count). The quantitative estimate of drug-likeness (QED) is 0.585. The predicted molar refractivity (Wildman–Crippen MR) is 111 cm³/mol. The Kier molecular flexibility index (Phi) is 6.30. The maximum Gasteiger partial charge on any atom is 0.276 e. The zero-order valence-corrected chi connectivity index (χ0v) is 17.9. The lowest BCUT2D eigenvalue weighted by Gasteiger charge is -2.07. The van der Waals surface area contributed by atoms with Crippen LogP contribution in [0.15, 0.2) is 46.8 Å². The molecule has 0 saturated heterocycles. The molecule has 0 unspecified atom stereocenters. The van der Waals surface area contributed by atoms with Crippen molar-refractivity contribution < 1.29 is 17.6 Å². The number of nitrogens with one attached hydrogen (secondary N) is 1. The number of amides is 1. The van der Waals surface area contributed by atoms with Crippen LogP contribution in [0.5, 0.6) is 0 Å². The van der Waals surface area contributed by atoms with Gasteiger partial charge in [0.1, 0.15) is 15.7 Å². The van der Waals surface area contributed by atoms with Gasteiger partial charge >= 0.3 is 0 Å². The number of halogens is 2. The number of rotatable bonds is 6. The monoisotopic (exact) mass is 453 g/mol. The van der Waals surface area contributed by atoms with Crippen molar-refractivity contribution >= 4 is 43.8 Å². The minimum absolute atomic E-state index is 0.00169. The zero-order chi connectivity index (χ0) is 21.2. The summed E-state index contributed by atoms with van der Waals surface area (Å²) in [6.45, 7) is 3.59. The number of pyridine rings is 1. The maximum absolute atomic E-state index is 14.1. The van der Waals surface area contributed by atoms with Gasteiger partial charge in [-0.05, 0) is 30.2 Å². The van der Waals surface area contributed by atoms with E-state index < -0.39 is 27.3 Å². The number of hydrogen-bond donors (Lipinski definition) is 1. The molecule has 0 aliphatic rings. The highest BCUT2D eigenvalue weighted by Gasteiger charge is 2.27. The third-order valence-electron chi connectivity index (χ3n) is 3.93. The molecule has 1 amide bonds. The van der Waals surface area contributed by atoms with Gasteiger partial charge in [0.05, 0.1) is 11.4 Å². The van der Waals surface area contributed by atoms with E-state index in [2.05, 4.69) is 15.3 Å². The van der Waals surface area contributed by atoms with E-state index in [9.17, 15) is 17.6 Å². The van der Waals surface area contributed by atoms with Crippen molar-refractivity contribution in [2.24, 2.45) is 0 Å². The number of carbonyl (C=O) groups excluding carboxylic acids is 1. The van der Waals surface area contributed by atoms with Gasteiger partial charge in [-0.3, -0.25) is 15.1 Å². The van der Waals surface area contributed by atoms with Crippen LogP contribution in [0.4, 0.5) is 9.52 Å². The van der Waals surface area contributed by atoms with Crippen LogP contribution >= 0.6 is 22.9 Å². The van der Waals surface area contributed by atoms with Crippen LogP contribution in [-0.4, -0.2) is 24.3 Å². The summed E-state index contributed by atoms with van der Waals surface area (Å²) in [5, 5.41) is 2.90. The Morgan fingerprint density at radius 2 is 2.03 bits per heavy atom. The summed E-state index contributed by atoms with van der Waals surface area (Å²) < 4.78 is 40.1. The van der Waals surface area contributed by atoms with Crippen LogP contribution < -0.4 is 5.32 Å². The number of sulfone groups is 1. The van der Waals surface area contributed by atoms with Crippen molar-refractivity contribution in [1.29, 1.82) is 0 Å². The molecule has 29 heavy (non-hydrogen) atoms. The summed E-state index contributed by atoms with van der Waals surface area (Å²) in [5.41, 5.74) is 0.513. The van der Waals surface area contributed by atoms with Crippen LogP contribution in [0.25, 0.3) is 0 Å². The fourth-order valence-corrected chi connectivity index (χ4v) is 5.83. The van der Waals surface area contributed by atoms with Crippen molar-refractivity contribution in [3.8, 4) is 0 Å². The molecule has 0 aliphatic heterocycles. The predicted octanol–water partition coefficient (Wildman–Crippen LogP) is 4.68. The topological polar surface area (TPSA) is 89.0 Å². The van der Waals surface area contributed by atoms with Gasteiger partial charge < -0.3 is 0 Å². The number of nitrogens with zero attached hydrogens (tertiary/aromatic N) is 2. The molecule has 3 aromatic rings. The second-order valence-corrected chi connectivity index (χ2v) is 10.1. The second kappa shape index (κ2) is 8.56. The molecule has 2 aromatic heterocycles. The van der Waals surface area contributed by atoms with E-state index >= 15 is 0 Å². The SMILES string of the molecule is CC(C)c1nc(NC(=O)c2ccccn2)sc1S(=O)(=O)Cc1ccc(Cl)cc1F. The van der Waals surface area contributed by atoms with Gasteiger partial charge in [0, 0.05) is 16.8 Å². The van der Waals surface area contributed by atoms with Crippen molar-refractivity contribution in [3.63, 3.8) is 0 Å². The molecular weight excluding hydrogens is 437 g/mol. The molecule has 0 saturated carbocycles. The normalized spacial score (nSPS) is 11.6. The smallest absolute Gasteiger partial charge is 0.276 e. The molecule has 1 N–H and O–H groups in total. The summed E-state index contributed by atoms with van der Waals surface area (Å²) in [4.78, 5) is 20.5. The first kappa shape index (κ1) is 21.4. The van der Waals surface area contributed by atoms with E-state index in [0.29, 0.717) is 5.69 Å². The molecule has 6 nitrogen and oxygen atoms in total. The average molecular weight is 454 g/mol. The van der Waals surface area contributed by atoms with E-state index in [1.54, 1.807) is 26.0 Å². The fourth-order valence-electron chi connectivity index (χ4n) is 2.53. The molecule has 2 heterocycles. The first-order valence-electron chi connectivity index (χ1n) is 8.57. The van der Waals surface area contributed by atoms with Crippen LogP contribution in [0, 0.1) is 5.82 Å². The first-order valence-corrected chi connectivity index (χ1v) is 11.4. The molecule has 0 radical (unpaired) electrons. The largest absolute Gasteiger partial charge is 0.296 e. The summed E-state index contributed by atoms with van der Waals surface area (Å²) in [7, 11) is -3.90. The number of hydrogen-bond acceptors (Lipinski definition) is 6. The Morgan fingerprint density at radius 1 is 1.28 bits per heavy atom. The van der Waals surface area contributed by atoms with Crippen molar-refractivity contribution in [2.75, 3.05) is 5.32 Å². The molecular formula is C19H17ClFN3O3S2. The molecule has 152 valence electrons. The lowest BCUT2D eigenvalue weighted by atomic mass is 10.2. The van der Waals surface area contributed by atoms with E-state index in [1.807, 2.05) is 0 Å². The van der Waals surface area contributed by atoms with Crippen molar-refractivity contribution in [1.82, 2.24) is 9.97 Å². The van der Waals surface area contributed by atoms with Crippen LogP contribution in [-0.2, 0) is 15.6 Å². The summed E-state index contributed by atoms with van der Waals surface area (Å²) in [5.74, 6) is -1.94. The Morgan fingerprint density at radius 3 is 2.66 bits per heavy atom. The molecule has 0 spiro atoms. The zero-order valence-electron chi connectivity index (χ0n) is 15.5. The third kappa shape index (κ3) is 4.98. The maximum atomic E-state index is 14.1. The van der Waals surface area contributed by atoms with Crippen LogP contribution in [0.3, 0.4) is 0 Å². The Hall–Kier alpha value is -2.36. The second-order valence-electron chi connectivity index (χ2n) is 6.51. The Labute approximate surface area is 176 Å². The lowest BCUT2D eigenvalue weighted by molar-refractivity contribution is 0.102. The van der Waals surface area contributed by atoms with Gasteiger partial charge in [-0.1, -0.05) is 48.9 Å². The van der Waals surface area contributed by atoms with Crippen molar-refractivity contribution in [2.45, 2.75) is 29.7 Å². The highest BCUT2D eigenvalue weighted by atomic mass is 35.5. The molecule has 0 fully saturated rings. The Balaban J connectivity index is 1.92. The molecule has 10 heteroatoms. The van der Waals surface area contributed by atoms with Crippen molar-refractivity contribution in [3.05, 3.63) is 70.4 Å². The highest BCUT2D eigenvalue weighted by molar-refractivity contribution is 7.92.